The van der Waals surface area contributed by atoms with Crippen molar-refractivity contribution in [3.8, 4) is 0 Å². The number of benzene rings is 2. The molecule has 0 N–H and O–H groups in total. The summed E-state index contributed by atoms with van der Waals surface area (Å²) in [4.78, 5) is 14.3. The fourth-order valence-corrected chi connectivity index (χ4v) is 3.76. The third kappa shape index (κ3) is 5.57. The first-order valence-electron chi connectivity index (χ1n) is 8.85. The first-order chi connectivity index (χ1) is 12.5. The summed E-state index contributed by atoms with van der Waals surface area (Å²) in [6.07, 6.45) is 1.14. The van der Waals surface area contributed by atoms with Crippen LogP contribution in [0.25, 0.3) is 0 Å². The monoisotopic (exact) mass is 388 g/mol. The van der Waals surface area contributed by atoms with Crippen molar-refractivity contribution in [3.05, 3.63) is 65.7 Å². The van der Waals surface area contributed by atoms with Gasteiger partial charge in [0, 0.05) is 13.6 Å². The molecule has 27 heavy (non-hydrogen) atoms. The van der Waals surface area contributed by atoms with Gasteiger partial charge in [-0.2, -0.15) is 0 Å². The number of para-hydroxylation sites is 1. The summed E-state index contributed by atoms with van der Waals surface area (Å²) in [5.41, 5.74) is 2.18. The molecule has 146 valence electrons. The Bertz CT molecular complexity index is 887. The van der Waals surface area contributed by atoms with E-state index in [1.807, 2.05) is 63.2 Å². The van der Waals surface area contributed by atoms with Crippen LogP contribution in [0.4, 0.5) is 5.69 Å². The fraction of sp³-hybridized carbons (Fsp3) is 0.381. The molecular formula is C21H28N2O3S. The molecule has 5 nitrogen and oxygen atoms in total. The molecule has 0 aliphatic carbocycles. The number of hydrogen-bond acceptors (Lipinski definition) is 3. The maximum absolute atomic E-state index is 12.8. The van der Waals surface area contributed by atoms with Crippen LogP contribution in [0, 0.1) is 0 Å². The molecule has 0 atom stereocenters. The predicted octanol–water partition coefficient (Wildman–Crippen LogP) is 3.41. The van der Waals surface area contributed by atoms with Crippen LogP contribution >= 0.6 is 0 Å². The summed E-state index contributed by atoms with van der Waals surface area (Å²) in [5.74, 6) is -0.256. The highest BCUT2D eigenvalue weighted by atomic mass is 32.2. The van der Waals surface area contributed by atoms with Gasteiger partial charge < -0.3 is 4.90 Å². The minimum atomic E-state index is -3.62. The average Bonchev–Trinajstić information content (AvgIpc) is 2.58. The first kappa shape index (κ1) is 21.0. The predicted molar refractivity (Wildman–Crippen MR) is 110 cm³/mol. The Balaban J connectivity index is 2.30. The number of rotatable bonds is 6. The van der Waals surface area contributed by atoms with Crippen molar-refractivity contribution < 1.29 is 13.2 Å². The van der Waals surface area contributed by atoms with Crippen molar-refractivity contribution in [3.63, 3.8) is 0 Å². The van der Waals surface area contributed by atoms with E-state index in [1.54, 1.807) is 24.1 Å². The molecule has 1 amide bonds. The molecule has 2 aromatic rings. The Kier molecular flexibility index (Phi) is 6.31. The van der Waals surface area contributed by atoms with E-state index in [0.29, 0.717) is 12.2 Å². The lowest BCUT2D eigenvalue weighted by atomic mass is 9.86. The lowest BCUT2D eigenvalue weighted by molar-refractivity contribution is -0.128. The minimum absolute atomic E-state index is 0.227. The van der Waals surface area contributed by atoms with Gasteiger partial charge in [-0.15, -0.1) is 0 Å². The highest BCUT2D eigenvalue weighted by Crippen LogP contribution is 2.33. The molecule has 0 aromatic heterocycles. The molecule has 0 radical (unpaired) electrons. The van der Waals surface area contributed by atoms with E-state index >= 15 is 0 Å². The van der Waals surface area contributed by atoms with Crippen LogP contribution in [0.3, 0.4) is 0 Å². The van der Waals surface area contributed by atoms with Crippen LogP contribution in [0.5, 0.6) is 0 Å². The van der Waals surface area contributed by atoms with E-state index in [2.05, 4.69) is 0 Å². The molecule has 6 heteroatoms. The molecule has 0 bridgehead atoms. The topological polar surface area (TPSA) is 57.7 Å². The van der Waals surface area contributed by atoms with Crippen LogP contribution in [-0.2, 0) is 26.8 Å². The number of hydrogen-bond donors (Lipinski definition) is 0. The van der Waals surface area contributed by atoms with Crippen LogP contribution < -0.4 is 4.31 Å². The number of amides is 1. The second-order valence-electron chi connectivity index (χ2n) is 7.77. The van der Waals surface area contributed by atoms with Crippen molar-refractivity contribution in [2.24, 2.45) is 0 Å². The molecule has 2 rings (SSSR count). The zero-order valence-electron chi connectivity index (χ0n) is 16.6. The molecule has 2 aromatic carbocycles. The van der Waals surface area contributed by atoms with Gasteiger partial charge in [0.25, 0.3) is 0 Å². The Morgan fingerprint density at radius 1 is 0.963 bits per heavy atom. The third-order valence-electron chi connectivity index (χ3n) is 4.35. The SMILES string of the molecule is CN(Cc1ccccc1)C(=O)CN(c1ccccc1C(C)(C)C)S(C)(=O)=O. The Labute approximate surface area is 162 Å². The van der Waals surface area contributed by atoms with Gasteiger partial charge >= 0.3 is 0 Å². The van der Waals surface area contributed by atoms with E-state index in [-0.39, 0.29) is 17.9 Å². The van der Waals surface area contributed by atoms with E-state index in [4.69, 9.17) is 0 Å². The van der Waals surface area contributed by atoms with Gasteiger partial charge in [-0.05, 0) is 22.6 Å². The summed E-state index contributed by atoms with van der Waals surface area (Å²) in [6.45, 7) is 6.27. The van der Waals surface area contributed by atoms with E-state index in [9.17, 15) is 13.2 Å². The molecule has 0 saturated carbocycles. The molecule has 0 unspecified atom stereocenters. The lowest BCUT2D eigenvalue weighted by Gasteiger charge is -2.30. The van der Waals surface area contributed by atoms with Gasteiger partial charge in [0.05, 0.1) is 11.9 Å². The van der Waals surface area contributed by atoms with Crippen LogP contribution in [0.15, 0.2) is 54.6 Å². The summed E-state index contributed by atoms with van der Waals surface area (Å²) < 4.78 is 26.2. The van der Waals surface area contributed by atoms with E-state index in [1.165, 1.54) is 4.31 Å². The molecule has 0 aliphatic rings. The molecule has 0 heterocycles. The van der Waals surface area contributed by atoms with E-state index < -0.39 is 10.0 Å². The quantitative estimate of drug-likeness (QED) is 0.762. The summed E-state index contributed by atoms with van der Waals surface area (Å²) in [7, 11) is -1.93. The normalized spacial score (nSPS) is 11.9. The number of sulfonamides is 1. The Morgan fingerprint density at radius 2 is 1.52 bits per heavy atom. The number of anilines is 1. The summed E-state index contributed by atoms with van der Waals surface area (Å²) in [5, 5.41) is 0. The van der Waals surface area contributed by atoms with Crippen LogP contribution in [-0.4, -0.2) is 39.1 Å². The molecule has 0 saturated heterocycles. The lowest BCUT2D eigenvalue weighted by Crippen LogP contribution is -2.41. The second kappa shape index (κ2) is 8.13. The van der Waals surface area contributed by atoms with Crippen LogP contribution in [0.1, 0.15) is 31.9 Å². The summed E-state index contributed by atoms with van der Waals surface area (Å²) in [6, 6.07) is 17.0. The fourth-order valence-electron chi connectivity index (χ4n) is 2.90. The van der Waals surface area contributed by atoms with E-state index in [0.717, 1.165) is 17.4 Å². The van der Waals surface area contributed by atoms with Crippen LogP contribution in [0.2, 0.25) is 0 Å². The van der Waals surface area contributed by atoms with Gasteiger partial charge in [0.1, 0.15) is 6.54 Å². The van der Waals surface area contributed by atoms with Gasteiger partial charge in [0.2, 0.25) is 15.9 Å². The standard InChI is InChI=1S/C21H28N2O3S/c1-21(2,3)18-13-9-10-14-19(18)23(27(5,25)26)16-20(24)22(4)15-17-11-7-6-8-12-17/h6-14H,15-16H2,1-5H3. The number of likely N-dealkylation sites (N-methyl/N-ethyl adjacent to an activating group) is 1. The molecular weight excluding hydrogens is 360 g/mol. The molecule has 0 aliphatic heterocycles. The second-order valence-corrected chi connectivity index (χ2v) is 9.68. The van der Waals surface area contributed by atoms with Gasteiger partial charge in [-0.3, -0.25) is 9.10 Å². The molecule has 0 fully saturated rings. The largest absolute Gasteiger partial charge is 0.340 e. The van der Waals surface area contributed by atoms with Crippen molar-refractivity contribution in [1.29, 1.82) is 0 Å². The average molecular weight is 389 g/mol. The number of carbonyl (C=O) groups is 1. The number of nitrogens with zero attached hydrogens (tertiary/aromatic N) is 2. The van der Waals surface area contributed by atoms with Gasteiger partial charge in [-0.25, -0.2) is 8.42 Å². The summed E-state index contributed by atoms with van der Waals surface area (Å²) >= 11 is 0. The van der Waals surface area contributed by atoms with Gasteiger partial charge in [0.15, 0.2) is 0 Å². The highest BCUT2D eigenvalue weighted by molar-refractivity contribution is 7.92. The maximum Gasteiger partial charge on any atom is 0.243 e. The van der Waals surface area contributed by atoms with Crippen molar-refractivity contribution in [2.75, 3.05) is 24.2 Å². The van der Waals surface area contributed by atoms with Crippen molar-refractivity contribution in [2.45, 2.75) is 32.7 Å². The zero-order chi connectivity index (χ0) is 20.2. The minimum Gasteiger partial charge on any atom is -0.340 e. The Morgan fingerprint density at radius 3 is 2.07 bits per heavy atom. The molecule has 0 spiro atoms. The van der Waals surface area contributed by atoms with Crippen molar-refractivity contribution >= 4 is 21.6 Å². The number of carbonyl (C=O) groups excluding carboxylic acids is 1. The Hall–Kier alpha value is -2.34. The van der Waals surface area contributed by atoms with Crippen molar-refractivity contribution in [1.82, 2.24) is 4.90 Å². The zero-order valence-corrected chi connectivity index (χ0v) is 17.5. The van der Waals surface area contributed by atoms with Gasteiger partial charge in [-0.1, -0.05) is 69.3 Å². The maximum atomic E-state index is 12.8. The first-order valence-corrected chi connectivity index (χ1v) is 10.7. The third-order valence-corrected chi connectivity index (χ3v) is 5.47. The highest BCUT2D eigenvalue weighted by Gasteiger charge is 2.28. The smallest absolute Gasteiger partial charge is 0.243 e.